The summed E-state index contributed by atoms with van der Waals surface area (Å²) in [5.74, 6) is -2.78. The van der Waals surface area contributed by atoms with Crippen LogP contribution in [0.25, 0.3) is 0 Å². The largest absolute Gasteiger partial charge is 0.461 e. The van der Waals surface area contributed by atoms with Crippen molar-refractivity contribution in [1.29, 1.82) is 0 Å². The first kappa shape index (κ1) is 39.9. The van der Waals surface area contributed by atoms with E-state index in [2.05, 4.69) is 10.6 Å². The number of ether oxygens (including phenoxy) is 4. The molecular weight excluding hydrogens is 656 g/mol. The summed E-state index contributed by atoms with van der Waals surface area (Å²) < 4.78 is 21.3. The van der Waals surface area contributed by atoms with Gasteiger partial charge in [-0.1, -0.05) is 91.0 Å². The molecule has 2 N–H and O–H groups in total. The molecule has 3 aromatic carbocycles. The fourth-order valence-corrected chi connectivity index (χ4v) is 4.75. The summed E-state index contributed by atoms with van der Waals surface area (Å²) in [6.07, 6.45) is -1.53. The number of nitrogens with one attached hydrogen (secondary N) is 2. The Morgan fingerprint density at radius 3 is 1.55 bits per heavy atom. The minimum absolute atomic E-state index is 0.0249. The molecule has 2 amide bonds. The van der Waals surface area contributed by atoms with Crippen molar-refractivity contribution in [3.8, 4) is 0 Å². The van der Waals surface area contributed by atoms with Gasteiger partial charge in [0.1, 0.15) is 18.8 Å². The molecule has 0 aliphatic rings. The molecule has 0 fully saturated rings. The van der Waals surface area contributed by atoms with Crippen LogP contribution in [-0.4, -0.2) is 60.0 Å². The number of esters is 3. The third-order valence-electron chi connectivity index (χ3n) is 7.27. The summed E-state index contributed by atoms with van der Waals surface area (Å²) in [6.45, 7) is 4.72. The van der Waals surface area contributed by atoms with E-state index in [4.69, 9.17) is 18.9 Å². The van der Waals surface area contributed by atoms with Crippen molar-refractivity contribution in [2.75, 3.05) is 6.61 Å². The number of rotatable bonds is 19. The van der Waals surface area contributed by atoms with E-state index in [-0.39, 0.29) is 51.7 Å². The molecule has 0 heterocycles. The van der Waals surface area contributed by atoms with Gasteiger partial charge in [0.05, 0.1) is 6.42 Å². The van der Waals surface area contributed by atoms with Gasteiger partial charge in [0.15, 0.2) is 12.4 Å². The Morgan fingerprint density at radius 2 is 1.06 bits per heavy atom. The van der Waals surface area contributed by atoms with E-state index in [1.54, 1.807) is 51.1 Å². The Labute approximate surface area is 298 Å². The van der Waals surface area contributed by atoms with Crippen molar-refractivity contribution in [2.45, 2.75) is 90.2 Å². The van der Waals surface area contributed by atoms with Crippen LogP contribution < -0.4 is 10.6 Å². The van der Waals surface area contributed by atoms with Crippen LogP contribution in [-0.2, 0) is 51.3 Å². The highest BCUT2D eigenvalue weighted by molar-refractivity contribution is 5.97. The van der Waals surface area contributed by atoms with Crippen molar-refractivity contribution in [3.05, 3.63) is 108 Å². The zero-order chi connectivity index (χ0) is 37.1. The van der Waals surface area contributed by atoms with Crippen molar-refractivity contribution in [2.24, 2.45) is 0 Å². The second kappa shape index (κ2) is 20.9. The topological polar surface area (TPSA) is 163 Å². The van der Waals surface area contributed by atoms with Crippen LogP contribution in [0.15, 0.2) is 91.0 Å². The third-order valence-corrected chi connectivity index (χ3v) is 7.27. The van der Waals surface area contributed by atoms with E-state index in [1.807, 2.05) is 60.7 Å². The Balaban J connectivity index is 1.62. The summed E-state index contributed by atoms with van der Waals surface area (Å²) in [4.78, 5) is 76.3. The molecule has 0 saturated heterocycles. The number of hydrogen-bond acceptors (Lipinski definition) is 10. The van der Waals surface area contributed by atoms with Gasteiger partial charge in [0, 0.05) is 36.9 Å². The minimum atomic E-state index is -0.876. The second-order valence-corrected chi connectivity index (χ2v) is 12.8. The molecule has 0 aliphatic carbocycles. The molecule has 0 saturated carbocycles. The quantitative estimate of drug-likeness (QED) is 0.0911. The Morgan fingerprint density at radius 1 is 0.588 bits per heavy atom. The molecule has 0 spiro atoms. The van der Waals surface area contributed by atoms with Gasteiger partial charge in [-0.3, -0.25) is 24.0 Å². The predicted octanol–water partition coefficient (Wildman–Crippen LogP) is 5.62. The maximum atomic E-state index is 13.3. The SMILES string of the molecule is CC(C)(C)OC(=O)NC(CCC(=O)OCc1ccccc1)CC(=O)NC(CCC(=O)OCc1ccccc1)CC(=O)OCC(=O)c1ccccc1. The number of ketones is 1. The van der Waals surface area contributed by atoms with Crippen molar-refractivity contribution >= 4 is 35.7 Å². The Kier molecular flexibility index (Phi) is 16.3. The molecule has 0 bridgehead atoms. The molecule has 0 radical (unpaired) electrons. The number of carbonyl (C=O) groups excluding carboxylic acids is 6. The summed E-state index contributed by atoms with van der Waals surface area (Å²) in [6, 6.07) is 24.9. The first-order valence-corrected chi connectivity index (χ1v) is 16.8. The molecule has 3 aromatic rings. The van der Waals surface area contributed by atoms with Crippen LogP contribution in [0.2, 0.25) is 0 Å². The average molecular weight is 703 g/mol. The summed E-state index contributed by atoms with van der Waals surface area (Å²) in [5.41, 5.74) is 1.18. The lowest BCUT2D eigenvalue weighted by molar-refractivity contribution is -0.147. The summed E-state index contributed by atoms with van der Waals surface area (Å²) in [5, 5.41) is 5.39. The van der Waals surface area contributed by atoms with Crippen LogP contribution >= 0.6 is 0 Å². The number of hydrogen-bond donors (Lipinski definition) is 2. The molecule has 3 rings (SSSR count). The Bertz CT molecular complexity index is 1570. The first-order valence-electron chi connectivity index (χ1n) is 16.8. The lowest BCUT2D eigenvalue weighted by atomic mass is 10.0. The van der Waals surface area contributed by atoms with Crippen molar-refractivity contribution < 1.29 is 47.7 Å². The molecule has 12 nitrogen and oxygen atoms in total. The van der Waals surface area contributed by atoms with E-state index >= 15 is 0 Å². The van der Waals surface area contributed by atoms with Crippen LogP contribution in [0.3, 0.4) is 0 Å². The maximum absolute atomic E-state index is 13.3. The smallest absolute Gasteiger partial charge is 0.407 e. The Hall–Kier alpha value is -5.52. The number of Topliss-reactive ketones (excluding diaryl/α,β-unsaturated/α-hetero) is 1. The van der Waals surface area contributed by atoms with Gasteiger partial charge in [0.2, 0.25) is 5.91 Å². The number of benzene rings is 3. The fraction of sp³-hybridized carbons (Fsp3) is 0.385. The molecule has 0 aromatic heterocycles. The maximum Gasteiger partial charge on any atom is 0.407 e. The average Bonchev–Trinajstić information content (AvgIpc) is 3.10. The molecule has 12 heteroatoms. The van der Waals surface area contributed by atoms with Gasteiger partial charge in [-0.15, -0.1) is 0 Å². The first-order chi connectivity index (χ1) is 24.4. The zero-order valence-corrected chi connectivity index (χ0v) is 29.3. The second-order valence-electron chi connectivity index (χ2n) is 12.8. The van der Waals surface area contributed by atoms with E-state index < -0.39 is 60.0 Å². The normalized spacial score (nSPS) is 12.1. The molecule has 51 heavy (non-hydrogen) atoms. The standard InChI is InChI=1S/C39H46N2O10/c1-39(2,3)51-38(47)41-31(19-21-35(44)48-25-28-13-7-4-8-14-28)23-34(43)40-32(20-22-36(45)49-26-29-15-9-5-10-16-29)24-37(46)50-27-33(42)30-17-11-6-12-18-30/h4-18,31-32H,19-27H2,1-3H3,(H,40,43)(H,41,47). The third kappa shape index (κ3) is 17.1. The van der Waals surface area contributed by atoms with Gasteiger partial charge in [-0.25, -0.2) is 4.79 Å². The van der Waals surface area contributed by atoms with E-state index in [1.165, 1.54) is 0 Å². The lowest BCUT2D eigenvalue weighted by Crippen LogP contribution is -2.44. The van der Waals surface area contributed by atoms with Gasteiger partial charge in [0.25, 0.3) is 0 Å². The van der Waals surface area contributed by atoms with Crippen molar-refractivity contribution in [1.82, 2.24) is 10.6 Å². The van der Waals surface area contributed by atoms with Gasteiger partial charge >= 0.3 is 24.0 Å². The fourth-order valence-electron chi connectivity index (χ4n) is 4.75. The molecule has 0 aliphatic heterocycles. The highest BCUT2D eigenvalue weighted by atomic mass is 16.6. The van der Waals surface area contributed by atoms with E-state index in [0.29, 0.717) is 5.56 Å². The van der Waals surface area contributed by atoms with E-state index in [0.717, 1.165) is 11.1 Å². The molecular formula is C39H46N2O10. The summed E-state index contributed by atoms with van der Waals surface area (Å²) >= 11 is 0. The predicted molar refractivity (Wildman–Crippen MR) is 187 cm³/mol. The summed E-state index contributed by atoms with van der Waals surface area (Å²) in [7, 11) is 0. The van der Waals surface area contributed by atoms with Crippen LogP contribution in [0.5, 0.6) is 0 Å². The van der Waals surface area contributed by atoms with Gasteiger partial charge in [-0.05, 0) is 44.7 Å². The van der Waals surface area contributed by atoms with E-state index in [9.17, 15) is 28.8 Å². The van der Waals surface area contributed by atoms with Crippen LogP contribution in [0.1, 0.15) is 80.8 Å². The monoisotopic (exact) mass is 702 g/mol. The van der Waals surface area contributed by atoms with Gasteiger partial charge < -0.3 is 29.6 Å². The van der Waals surface area contributed by atoms with Crippen molar-refractivity contribution in [3.63, 3.8) is 0 Å². The van der Waals surface area contributed by atoms with Crippen LogP contribution in [0.4, 0.5) is 4.79 Å². The number of carbonyl (C=O) groups is 6. The van der Waals surface area contributed by atoms with Crippen LogP contribution in [0, 0.1) is 0 Å². The molecule has 2 atom stereocenters. The molecule has 272 valence electrons. The number of alkyl carbamates (subject to hydrolysis) is 1. The molecule has 2 unspecified atom stereocenters. The van der Waals surface area contributed by atoms with Gasteiger partial charge in [-0.2, -0.15) is 0 Å². The lowest BCUT2D eigenvalue weighted by Gasteiger charge is -2.24. The highest BCUT2D eigenvalue weighted by Crippen LogP contribution is 2.13. The minimum Gasteiger partial charge on any atom is -0.461 e. The zero-order valence-electron chi connectivity index (χ0n) is 29.3. The number of amides is 2. The highest BCUT2D eigenvalue weighted by Gasteiger charge is 2.25.